The van der Waals surface area contributed by atoms with Gasteiger partial charge in [-0.15, -0.1) is 0 Å². The van der Waals surface area contributed by atoms with Crippen molar-refractivity contribution in [1.82, 2.24) is 18.7 Å². The summed E-state index contributed by atoms with van der Waals surface area (Å²) >= 11 is 3.30. The molecule has 92 valence electrons. The number of aryl methyl sites for hydroxylation is 2. The van der Waals surface area contributed by atoms with Gasteiger partial charge in [-0.05, 0) is 29.8 Å². The van der Waals surface area contributed by atoms with Crippen molar-refractivity contribution >= 4 is 27.1 Å². The average Bonchev–Trinajstić information content (AvgIpc) is 2.63. The van der Waals surface area contributed by atoms with Crippen molar-refractivity contribution in [3.63, 3.8) is 0 Å². The second-order valence-corrected chi connectivity index (χ2v) is 4.40. The highest BCUT2D eigenvalue weighted by molar-refractivity contribution is 9.10. The van der Waals surface area contributed by atoms with Crippen molar-refractivity contribution in [1.29, 1.82) is 0 Å². The molecule has 0 amide bonds. The first kappa shape index (κ1) is 12.1. The predicted octanol–water partition coefficient (Wildman–Crippen LogP) is 0.699. The molecule has 0 saturated heterocycles. The predicted molar refractivity (Wildman–Crippen MR) is 68.3 cm³/mol. The highest BCUT2D eigenvalue weighted by Crippen LogP contribution is 2.15. The third kappa shape index (κ3) is 1.56. The zero-order valence-corrected chi connectivity index (χ0v) is 11.5. The lowest BCUT2D eigenvalue weighted by Crippen LogP contribution is -2.38. The van der Waals surface area contributed by atoms with Gasteiger partial charge in [0, 0.05) is 20.1 Å². The van der Waals surface area contributed by atoms with E-state index in [0.29, 0.717) is 29.0 Å². The van der Waals surface area contributed by atoms with E-state index in [1.54, 1.807) is 4.57 Å². The standard InChI is InChI=1S/C10H13BrN4O2/c1-4-14-6-7(12-9(14)11)15(5-2)10(17)13(3)8(6)16/h4-5H2,1-3H3. The summed E-state index contributed by atoms with van der Waals surface area (Å²) in [6.45, 7) is 4.88. The molecule has 0 aliphatic rings. The van der Waals surface area contributed by atoms with E-state index in [2.05, 4.69) is 20.9 Å². The molecule has 0 aromatic carbocycles. The molecule has 0 N–H and O–H groups in total. The number of rotatable bonds is 2. The number of halogens is 1. The molecule has 0 aliphatic heterocycles. The first-order valence-corrected chi connectivity index (χ1v) is 6.17. The van der Waals surface area contributed by atoms with Crippen LogP contribution in [-0.2, 0) is 20.1 Å². The van der Waals surface area contributed by atoms with Crippen molar-refractivity contribution < 1.29 is 0 Å². The van der Waals surface area contributed by atoms with Crippen LogP contribution in [0.4, 0.5) is 0 Å². The fourth-order valence-electron chi connectivity index (χ4n) is 1.90. The Morgan fingerprint density at radius 2 is 1.76 bits per heavy atom. The number of nitrogens with zero attached hydrogens (tertiary/aromatic N) is 4. The molecule has 0 spiro atoms. The highest BCUT2D eigenvalue weighted by Gasteiger charge is 2.17. The molecule has 0 aliphatic carbocycles. The molecule has 7 heteroatoms. The summed E-state index contributed by atoms with van der Waals surface area (Å²) in [5.41, 5.74) is 0.255. The first-order valence-electron chi connectivity index (χ1n) is 5.38. The van der Waals surface area contributed by atoms with E-state index < -0.39 is 0 Å². The second kappa shape index (κ2) is 4.14. The van der Waals surface area contributed by atoms with E-state index in [1.807, 2.05) is 13.8 Å². The quantitative estimate of drug-likeness (QED) is 0.767. The number of hydrogen-bond donors (Lipinski definition) is 0. The zero-order chi connectivity index (χ0) is 12.7. The highest BCUT2D eigenvalue weighted by atomic mass is 79.9. The van der Waals surface area contributed by atoms with Crippen LogP contribution in [0.2, 0.25) is 0 Å². The monoisotopic (exact) mass is 300 g/mol. The third-order valence-electron chi connectivity index (χ3n) is 2.82. The third-order valence-corrected chi connectivity index (χ3v) is 3.42. The lowest BCUT2D eigenvalue weighted by atomic mass is 10.5. The SMILES string of the molecule is CCn1c(Br)nc2c1c(=O)n(C)c(=O)n2CC. The topological polar surface area (TPSA) is 61.8 Å². The van der Waals surface area contributed by atoms with Gasteiger partial charge in [-0.1, -0.05) is 0 Å². The van der Waals surface area contributed by atoms with Gasteiger partial charge < -0.3 is 4.57 Å². The van der Waals surface area contributed by atoms with Crippen LogP contribution in [0.3, 0.4) is 0 Å². The largest absolute Gasteiger partial charge is 0.332 e. The van der Waals surface area contributed by atoms with E-state index in [9.17, 15) is 9.59 Å². The van der Waals surface area contributed by atoms with E-state index in [1.165, 1.54) is 11.6 Å². The molecule has 17 heavy (non-hydrogen) atoms. The molecule has 6 nitrogen and oxygen atoms in total. The lowest BCUT2D eigenvalue weighted by Gasteiger charge is -2.06. The Bertz CT molecular complexity index is 695. The number of hydrogen-bond acceptors (Lipinski definition) is 3. The maximum absolute atomic E-state index is 12.1. The smallest absolute Gasteiger partial charge is 0.313 e. The van der Waals surface area contributed by atoms with E-state index in [-0.39, 0.29) is 11.2 Å². The average molecular weight is 301 g/mol. The summed E-state index contributed by atoms with van der Waals surface area (Å²) in [6, 6.07) is 0. The van der Waals surface area contributed by atoms with Gasteiger partial charge in [0.2, 0.25) is 0 Å². The lowest BCUT2D eigenvalue weighted by molar-refractivity contribution is 0.648. The Morgan fingerprint density at radius 1 is 1.18 bits per heavy atom. The van der Waals surface area contributed by atoms with Gasteiger partial charge in [0.15, 0.2) is 15.9 Å². The van der Waals surface area contributed by atoms with Gasteiger partial charge in [0.25, 0.3) is 5.56 Å². The van der Waals surface area contributed by atoms with Crippen LogP contribution >= 0.6 is 15.9 Å². The fraction of sp³-hybridized carbons (Fsp3) is 0.500. The van der Waals surface area contributed by atoms with Gasteiger partial charge >= 0.3 is 5.69 Å². The maximum Gasteiger partial charge on any atom is 0.332 e. The van der Waals surface area contributed by atoms with Crippen LogP contribution in [0.5, 0.6) is 0 Å². The Morgan fingerprint density at radius 3 is 2.29 bits per heavy atom. The summed E-state index contributed by atoms with van der Waals surface area (Å²) in [5, 5.41) is 0. The summed E-state index contributed by atoms with van der Waals surface area (Å²) in [5.74, 6) is 0. The molecular weight excluding hydrogens is 288 g/mol. The summed E-state index contributed by atoms with van der Waals surface area (Å²) in [4.78, 5) is 28.2. The van der Waals surface area contributed by atoms with Crippen molar-refractivity contribution in [2.24, 2.45) is 7.05 Å². The summed E-state index contributed by atoms with van der Waals surface area (Å²) in [7, 11) is 1.48. The Kier molecular flexibility index (Phi) is 2.94. The molecule has 0 fully saturated rings. The van der Waals surface area contributed by atoms with Crippen LogP contribution in [-0.4, -0.2) is 18.7 Å². The van der Waals surface area contributed by atoms with Crippen molar-refractivity contribution in [3.8, 4) is 0 Å². The van der Waals surface area contributed by atoms with Gasteiger partial charge in [-0.25, -0.2) is 9.78 Å². The number of fused-ring (bicyclic) bond motifs is 1. The minimum Gasteiger partial charge on any atom is -0.313 e. The molecule has 2 aromatic rings. The molecule has 0 bridgehead atoms. The normalized spacial score (nSPS) is 11.3. The minimum absolute atomic E-state index is 0.310. The summed E-state index contributed by atoms with van der Waals surface area (Å²) < 4.78 is 4.93. The molecule has 0 unspecified atom stereocenters. The van der Waals surface area contributed by atoms with Gasteiger partial charge in [-0.3, -0.25) is 13.9 Å². The van der Waals surface area contributed by atoms with Crippen LogP contribution < -0.4 is 11.2 Å². The molecule has 2 aromatic heterocycles. The molecule has 0 radical (unpaired) electrons. The van der Waals surface area contributed by atoms with E-state index in [4.69, 9.17) is 0 Å². The van der Waals surface area contributed by atoms with Crippen molar-refractivity contribution in [2.75, 3.05) is 0 Å². The van der Waals surface area contributed by atoms with Gasteiger partial charge in [0.05, 0.1) is 0 Å². The molecule has 2 rings (SSSR count). The summed E-state index contributed by atoms with van der Waals surface area (Å²) in [6.07, 6.45) is 0. The van der Waals surface area contributed by atoms with Crippen LogP contribution in [0, 0.1) is 0 Å². The van der Waals surface area contributed by atoms with Crippen LogP contribution in [0.15, 0.2) is 14.3 Å². The van der Waals surface area contributed by atoms with Crippen molar-refractivity contribution in [2.45, 2.75) is 26.9 Å². The molecule has 0 atom stereocenters. The Labute approximate surface area is 106 Å². The minimum atomic E-state index is -0.335. The Hall–Kier alpha value is -1.37. The number of imidazole rings is 1. The Balaban J connectivity index is 3.12. The molecule has 2 heterocycles. The van der Waals surface area contributed by atoms with Crippen molar-refractivity contribution in [3.05, 3.63) is 25.6 Å². The van der Waals surface area contributed by atoms with Crippen LogP contribution in [0.25, 0.3) is 11.2 Å². The van der Waals surface area contributed by atoms with Gasteiger partial charge in [0.1, 0.15) is 0 Å². The van der Waals surface area contributed by atoms with Crippen LogP contribution in [0.1, 0.15) is 13.8 Å². The van der Waals surface area contributed by atoms with E-state index >= 15 is 0 Å². The first-order chi connectivity index (χ1) is 8.02. The molecular formula is C10H13BrN4O2. The second-order valence-electron chi connectivity index (χ2n) is 3.69. The van der Waals surface area contributed by atoms with E-state index in [0.717, 1.165) is 4.57 Å². The zero-order valence-electron chi connectivity index (χ0n) is 9.90. The van der Waals surface area contributed by atoms with Gasteiger partial charge in [-0.2, -0.15) is 0 Å². The maximum atomic E-state index is 12.1. The number of aromatic nitrogens is 4. The fourth-order valence-corrected chi connectivity index (χ4v) is 2.50. The molecule has 0 saturated carbocycles.